The number of aliphatic hydroxyl groups excluding tert-OH is 1. The molecule has 192 valence electrons. The number of hydrogen-bond acceptors (Lipinski definition) is 4. The van der Waals surface area contributed by atoms with E-state index in [-0.39, 0.29) is 16.9 Å². The van der Waals surface area contributed by atoms with Crippen molar-refractivity contribution in [2.45, 2.75) is 89.8 Å². The molecule has 0 amide bonds. The van der Waals surface area contributed by atoms with Crippen LogP contribution in [-0.4, -0.2) is 47.5 Å². The Labute approximate surface area is 211 Å². The lowest BCUT2D eigenvalue weighted by atomic mass is 9.46. The van der Waals surface area contributed by atoms with E-state index in [0.29, 0.717) is 30.8 Å². The first-order valence-corrected chi connectivity index (χ1v) is 14.4. The van der Waals surface area contributed by atoms with E-state index in [1.165, 1.54) is 45.2 Å². The van der Waals surface area contributed by atoms with E-state index in [2.05, 4.69) is 43.0 Å². The fourth-order valence-corrected chi connectivity index (χ4v) is 9.25. The number of likely N-dealkylation sites (tertiary alicyclic amines) is 1. The van der Waals surface area contributed by atoms with Crippen LogP contribution in [-0.2, 0) is 5.60 Å². The summed E-state index contributed by atoms with van der Waals surface area (Å²) in [7, 11) is 0. The first kappa shape index (κ1) is 24.0. The molecular formula is C31H45NO3. The highest BCUT2D eigenvalue weighted by molar-refractivity contribution is 5.37. The minimum absolute atomic E-state index is 0.0391. The summed E-state index contributed by atoms with van der Waals surface area (Å²) in [5.41, 5.74) is 1.89. The van der Waals surface area contributed by atoms with Crippen molar-refractivity contribution >= 4 is 0 Å². The first-order valence-electron chi connectivity index (χ1n) is 14.4. The molecule has 4 heteroatoms. The van der Waals surface area contributed by atoms with Gasteiger partial charge in [0.05, 0.1) is 11.7 Å². The van der Waals surface area contributed by atoms with Gasteiger partial charge in [-0.15, -0.1) is 0 Å². The maximum atomic E-state index is 12.1. The van der Waals surface area contributed by atoms with E-state index in [4.69, 9.17) is 4.74 Å². The lowest BCUT2D eigenvalue weighted by Gasteiger charge is -2.59. The van der Waals surface area contributed by atoms with Crippen molar-refractivity contribution in [1.29, 1.82) is 0 Å². The fourth-order valence-electron chi connectivity index (χ4n) is 9.25. The largest absolute Gasteiger partial charge is 0.492 e. The molecule has 1 aromatic rings. The molecule has 4 nitrogen and oxygen atoms in total. The van der Waals surface area contributed by atoms with Gasteiger partial charge < -0.3 is 14.9 Å². The monoisotopic (exact) mass is 479 g/mol. The number of benzene rings is 1. The van der Waals surface area contributed by atoms with Crippen molar-refractivity contribution in [2.24, 2.45) is 28.6 Å². The Morgan fingerprint density at radius 1 is 1.06 bits per heavy atom. The molecule has 0 aromatic heterocycles. The zero-order chi connectivity index (χ0) is 24.3. The van der Waals surface area contributed by atoms with E-state index in [1.807, 2.05) is 6.07 Å². The lowest BCUT2D eigenvalue weighted by molar-refractivity contribution is -0.101. The van der Waals surface area contributed by atoms with Gasteiger partial charge in [0.15, 0.2) is 0 Å². The van der Waals surface area contributed by atoms with Crippen LogP contribution in [0.3, 0.4) is 0 Å². The summed E-state index contributed by atoms with van der Waals surface area (Å²) >= 11 is 0. The minimum Gasteiger partial charge on any atom is -0.492 e. The van der Waals surface area contributed by atoms with Gasteiger partial charge in [-0.05, 0) is 124 Å². The highest BCUT2D eigenvalue weighted by Crippen LogP contribution is 2.66. The van der Waals surface area contributed by atoms with Gasteiger partial charge in [0.25, 0.3) is 0 Å². The summed E-state index contributed by atoms with van der Waals surface area (Å²) in [6.45, 7) is 8.88. The predicted octanol–water partition coefficient (Wildman–Crippen LogP) is 5.67. The van der Waals surface area contributed by atoms with Crippen molar-refractivity contribution < 1.29 is 14.9 Å². The van der Waals surface area contributed by atoms with E-state index in [9.17, 15) is 10.2 Å². The molecule has 4 aliphatic carbocycles. The number of nitrogens with zero attached hydrogens (tertiary/aromatic N) is 1. The van der Waals surface area contributed by atoms with Gasteiger partial charge in [-0.1, -0.05) is 37.6 Å². The molecule has 5 aliphatic rings. The Balaban J connectivity index is 1.21. The molecule has 1 aromatic carbocycles. The molecule has 6 rings (SSSR count). The Morgan fingerprint density at radius 2 is 1.89 bits per heavy atom. The molecular weight excluding hydrogens is 434 g/mol. The van der Waals surface area contributed by atoms with E-state index >= 15 is 0 Å². The average molecular weight is 480 g/mol. The second-order valence-electron chi connectivity index (χ2n) is 13.0. The first-order chi connectivity index (χ1) is 16.8. The van der Waals surface area contributed by atoms with E-state index in [0.717, 1.165) is 43.5 Å². The van der Waals surface area contributed by atoms with Crippen molar-refractivity contribution in [3.8, 4) is 5.75 Å². The van der Waals surface area contributed by atoms with Gasteiger partial charge in [0.2, 0.25) is 0 Å². The average Bonchev–Trinajstić information content (AvgIpc) is 3.46. The second-order valence-corrected chi connectivity index (χ2v) is 13.0. The number of ether oxygens (including phenoxy) is 1. The third-order valence-electron chi connectivity index (χ3n) is 11.3. The van der Waals surface area contributed by atoms with Crippen LogP contribution >= 0.6 is 0 Å². The molecule has 1 heterocycles. The standard InChI is InChI=1S/C31H45NO3/c1-29-14-13-27-25(26(29)10-11-28(29)33)9-8-22-12-15-31(34,21-30(22,27)2)23-6-5-7-24(20-23)35-19-18-32-16-3-4-17-32/h5-7,12,20,25-28,33-34H,3-4,8-11,13-19,21H2,1-2H3/t25-,26-,27+,28?,29-,30-,31?/m0/s1. The second kappa shape index (κ2) is 8.89. The highest BCUT2D eigenvalue weighted by atomic mass is 16.5. The normalized spacial score (nSPS) is 43.3. The summed E-state index contributed by atoms with van der Waals surface area (Å²) in [4.78, 5) is 2.48. The van der Waals surface area contributed by atoms with Gasteiger partial charge in [-0.2, -0.15) is 0 Å². The van der Waals surface area contributed by atoms with Gasteiger partial charge in [0, 0.05) is 6.54 Å². The molecule has 2 unspecified atom stereocenters. The zero-order valence-electron chi connectivity index (χ0n) is 21.8. The van der Waals surface area contributed by atoms with Crippen LogP contribution in [0.2, 0.25) is 0 Å². The third-order valence-corrected chi connectivity index (χ3v) is 11.3. The van der Waals surface area contributed by atoms with Crippen LogP contribution in [0.25, 0.3) is 0 Å². The molecule has 1 saturated heterocycles. The van der Waals surface area contributed by atoms with Crippen molar-refractivity contribution in [2.75, 3.05) is 26.2 Å². The number of aliphatic hydroxyl groups is 2. The van der Waals surface area contributed by atoms with Crippen LogP contribution in [0.15, 0.2) is 35.9 Å². The molecule has 7 atom stereocenters. The molecule has 0 radical (unpaired) electrons. The van der Waals surface area contributed by atoms with Crippen LogP contribution < -0.4 is 4.74 Å². The maximum Gasteiger partial charge on any atom is 0.119 e. The number of hydrogen-bond donors (Lipinski definition) is 2. The lowest BCUT2D eigenvalue weighted by Crippen LogP contribution is -2.53. The summed E-state index contributed by atoms with van der Waals surface area (Å²) in [5.74, 6) is 2.80. The minimum atomic E-state index is -0.843. The van der Waals surface area contributed by atoms with Crippen LogP contribution in [0, 0.1) is 28.6 Å². The highest BCUT2D eigenvalue weighted by Gasteiger charge is 2.60. The van der Waals surface area contributed by atoms with Crippen LogP contribution in [0.5, 0.6) is 5.75 Å². The predicted molar refractivity (Wildman–Crippen MR) is 139 cm³/mol. The topological polar surface area (TPSA) is 52.9 Å². The summed E-state index contributed by atoms with van der Waals surface area (Å²) in [6.07, 6.45) is 13.2. The number of rotatable bonds is 5. The third kappa shape index (κ3) is 3.99. The Hall–Kier alpha value is -1.36. The SMILES string of the molecule is C[C@]12CC(O)(c3cccc(OCCN4CCCC4)c3)CC=C1CC[C@@H]1[C@H]2CC[C@]2(C)C(O)CC[C@@H]12. The molecule has 3 saturated carbocycles. The Morgan fingerprint density at radius 3 is 2.71 bits per heavy atom. The molecule has 0 spiro atoms. The van der Waals surface area contributed by atoms with Crippen molar-refractivity contribution in [3.63, 3.8) is 0 Å². The Bertz CT molecular complexity index is 970. The van der Waals surface area contributed by atoms with Crippen LogP contribution in [0.1, 0.15) is 83.6 Å². The van der Waals surface area contributed by atoms with Crippen LogP contribution in [0.4, 0.5) is 0 Å². The van der Waals surface area contributed by atoms with E-state index < -0.39 is 5.60 Å². The molecule has 2 N–H and O–H groups in total. The fraction of sp³-hybridized carbons (Fsp3) is 0.742. The van der Waals surface area contributed by atoms with Gasteiger partial charge >= 0.3 is 0 Å². The quantitative estimate of drug-likeness (QED) is 0.534. The summed E-state index contributed by atoms with van der Waals surface area (Å²) < 4.78 is 6.14. The zero-order valence-corrected chi connectivity index (χ0v) is 21.8. The molecule has 35 heavy (non-hydrogen) atoms. The molecule has 4 fully saturated rings. The number of fused-ring (bicyclic) bond motifs is 5. The maximum absolute atomic E-state index is 12.1. The van der Waals surface area contributed by atoms with Crippen molar-refractivity contribution in [3.05, 3.63) is 41.5 Å². The number of allylic oxidation sites excluding steroid dienone is 1. The van der Waals surface area contributed by atoms with Crippen molar-refractivity contribution in [1.82, 2.24) is 4.90 Å². The van der Waals surface area contributed by atoms with Gasteiger partial charge in [-0.25, -0.2) is 0 Å². The van der Waals surface area contributed by atoms with Gasteiger partial charge in [-0.3, -0.25) is 4.90 Å². The summed E-state index contributed by atoms with van der Waals surface area (Å²) in [5, 5.41) is 22.9. The summed E-state index contributed by atoms with van der Waals surface area (Å²) in [6, 6.07) is 8.28. The molecule has 1 aliphatic heterocycles. The smallest absolute Gasteiger partial charge is 0.119 e. The Kier molecular flexibility index (Phi) is 6.09. The van der Waals surface area contributed by atoms with Gasteiger partial charge in [0.1, 0.15) is 12.4 Å². The molecule has 0 bridgehead atoms. The van der Waals surface area contributed by atoms with E-state index in [1.54, 1.807) is 5.57 Å².